The number of benzene rings is 1. The molecule has 0 saturated carbocycles. The molecule has 1 aromatic carbocycles. The second-order valence-corrected chi connectivity index (χ2v) is 6.83. The van der Waals surface area contributed by atoms with Gasteiger partial charge in [0.2, 0.25) is 5.91 Å². The molecule has 1 fully saturated rings. The van der Waals surface area contributed by atoms with Gasteiger partial charge in [0.25, 0.3) is 0 Å². The summed E-state index contributed by atoms with van der Waals surface area (Å²) in [5, 5.41) is 3.02. The Kier molecular flexibility index (Phi) is 7.03. The summed E-state index contributed by atoms with van der Waals surface area (Å²) in [6, 6.07) is 8.28. The lowest BCUT2D eigenvalue weighted by atomic mass is 10.2. The average Bonchev–Trinajstić information content (AvgIpc) is 3.03. The van der Waals surface area contributed by atoms with Crippen LogP contribution in [-0.4, -0.2) is 59.8 Å². The number of unbranched alkanes of at least 4 members (excludes halogenated alkanes) is 1. The van der Waals surface area contributed by atoms with Gasteiger partial charge in [0.15, 0.2) is 0 Å². The lowest BCUT2D eigenvalue weighted by molar-refractivity contribution is -0.121. The molecular weight excluding hydrogens is 328 g/mol. The van der Waals surface area contributed by atoms with Crippen LogP contribution in [0.2, 0.25) is 0 Å². The summed E-state index contributed by atoms with van der Waals surface area (Å²) in [5.41, 5.74) is 2.20. The van der Waals surface area contributed by atoms with Crippen LogP contribution >= 0.6 is 0 Å². The lowest BCUT2D eigenvalue weighted by Crippen LogP contribution is -2.38. The summed E-state index contributed by atoms with van der Waals surface area (Å²) < 4.78 is 7.74. The Hall–Kier alpha value is -1.92. The van der Waals surface area contributed by atoms with Gasteiger partial charge >= 0.3 is 0 Å². The Bertz CT molecular complexity index is 707. The zero-order valence-electron chi connectivity index (χ0n) is 15.7. The molecule has 0 atom stereocenters. The van der Waals surface area contributed by atoms with Crippen LogP contribution in [0.15, 0.2) is 24.3 Å². The van der Waals surface area contributed by atoms with E-state index < -0.39 is 0 Å². The molecule has 142 valence electrons. The molecule has 2 heterocycles. The molecule has 6 nitrogen and oxygen atoms in total. The minimum atomic E-state index is 0.142. The van der Waals surface area contributed by atoms with Gasteiger partial charge in [-0.2, -0.15) is 0 Å². The molecular formula is C20H30N4O2. The maximum atomic E-state index is 11.8. The number of nitrogens with zero attached hydrogens (tertiary/aromatic N) is 3. The van der Waals surface area contributed by atoms with Crippen molar-refractivity contribution in [2.24, 2.45) is 0 Å². The molecule has 1 aromatic heterocycles. The number of carbonyl (C=O) groups is 1. The Labute approximate surface area is 155 Å². The zero-order valence-corrected chi connectivity index (χ0v) is 15.7. The van der Waals surface area contributed by atoms with Gasteiger partial charge in [0, 0.05) is 45.6 Å². The molecule has 2 aromatic rings. The molecule has 0 radical (unpaired) electrons. The number of amides is 1. The number of aromatic nitrogens is 2. The van der Waals surface area contributed by atoms with Crippen molar-refractivity contribution in [2.75, 3.05) is 39.4 Å². The van der Waals surface area contributed by atoms with E-state index in [2.05, 4.69) is 39.9 Å². The maximum Gasteiger partial charge on any atom is 0.220 e. The third-order valence-electron chi connectivity index (χ3n) is 4.91. The number of rotatable bonds is 9. The number of fused-ring (bicyclic) bond motifs is 1. The Morgan fingerprint density at radius 2 is 2.04 bits per heavy atom. The highest BCUT2D eigenvalue weighted by Gasteiger charge is 2.14. The van der Waals surface area contributed by atoms with Gasteiger partial charge in [-0.3, -0.25) is 9.69 Å². The predicted octanol–water partition coefficient (Wildman–Crippen LogP) is 2.22. The molecule has 0 bridgehead atoms. The Morgan fingerprint density at radius 1 is 1.23 bits per heavy atom. The highest BCUT2D eigenvalue weighted by Crippen LogP contribution is 2.16. The molecule has 3 rings (SSSR count). The first-order chi connectivity index (χ1) is 12.8. The monoisotopic (exact) mass is 358 g/mol. The lowest BCUT2D eigenvalue weighted by Gasteiger charge is -2.27. The van der Waals surface area contributed by atoms with Crippen LogP contribution in [-0.2, 0) is 22.5 Å². The average molecular weight is 358 g/mol. The summed E-state index contributed by atoms with van der Waals surface area (Å²) in [6.45, 7) is 8.29. The smallest absolute Gasteiger partial charge is 0.220 e. The van der Waals surface area contributed by atoms with Gasteiger partial charge in [-0.1, -0.05) is 25.5 Å². The summed E-state index contributed by atoms with van der Waals surface area (Å²) in [7, 11) is 0. The van der Waals surface area contributed by atoms with Crippen molar-refractivity contribution < 1.29 is 9.53 Å². The first kappa shape index (κ1) is 18.9. The summed E-state index contributed by atoms with van der Waals surface area (Å²) >= 11 is 0. The number of morpholine rings is 1. The first-order valence-electron chi connectivity index (χ1n) is 9.79. The topological polar surface area (TPSA) is 59.4 Å². The molecule has 1 aliphatic rings. The second kappa shape index (κ2) is 9.69. The second-order valence-electron chi connectivity index (χ2n) is 6.83. The molecule has 0 spiro atoms. The van der Waals surface area contributed by atoms with Crippen molar-refractivity contribution >= 4 is 16.9 Å². The molecule has 1 aliphatic heterocycles. The SMILES string of the molecule is CCCCC(=O)NCCc1nc2ccccc2n1CCN1CCOCC1. The first-order valence-corrected chi connectivity index (χ1v) is 9.79. The standard InChI is InChI=1S/C20H30N4O2/c1-2-3-8-20(25)21-10-9-19-22-17-6-4-5-7-18(17)24(19)12-11-23-13-15-26-16-14-23/h4-7H,2-3,8-16H2,1H3,(H,21,25). The summed E-state index contributed by atoms with van der Waals surface area (Å²) in [5.74, 6) is 1.19. The number of hydrogen-bond acceptors (Lipinski definition) is 4. The van der Waals surface area contributed by atoms with Crippen LogP contribution in [0.4, 0.5) is 0 Å². The number of hydrogen-bond donors (Lipinski definition) is 1. The normalized spacial score (nSPS) is 15.4. The quantitative estimate of drug-likeness (QED) is 0.747. The third kappa shape index (κ3) is 5.05. The van der Waals surface area contributed by atoms with Crippen LogP contribution < -0.4 is 5.32 Å². The van der Waals surface area contributed by atoms with Crippen molar-refractivity contribution in [1.82, 2.24) is 19.8 Å². The van der Waals surface area contributed by atoms with Gasteiger partial charge in [-0.15, -0.1) is 0 Å². The van der Waals surface area contributed by atoms with E-state index in [9.17, 15) is 4.79 Å². The van der Waals surface area contributed by atoms with E-state index >= 15 is 0 Å². The number of ether oxygens (including phenoxy) is 1. The fraction of sp³-hybridized carbons (Fsp3) is 0.600. The minimum Gasteiger partial charge on any atom is -0.379 e. The Morgan fingerprint density at radius 3 is 2.85 bits per heavy atom. The highest BCUT2D eigenvalue weighted by molar-refractivity contribution is 5.76. The van der Waals surface area contributed by atoms with E-state index in [1.165, 1.54) is 5.52 Å². The predicted molar refractivity (Wildman–Crippen MR) is 103 cm³/mol. The maximum absolute atomic E-state index is 11.8. The minimum absolute atomic E-state index is 0.142. The van der Waals surface area contributed by atoms with Gasteiger partial charge in [0.1, 0.15) is 5.82 Å². The van der Waals surface area contributed by atoms with Crippen molar-refractivity contribution in [1.29, 1.82) is 0 Å². The van der Waals surface area contributed by atoms with E-state index in [0.717, 1.165) is 70.0 Å². The fourth-order valence-corrected chi connectivity index (χ4v) is 3.37. The van der Waals surface area contributed by atoms with E-state index in [1.54, 1.807) is 0 Å². The van der Waals surface area contributed by atoms with Crippen molar-refractivity contribution in [2.45, 2.75) is 39.2 Å². The summed E-state index contributed by atoms with van der Waals surface area (Å²) in [6.07, 6.45) is 3.37. The molecule has 0 unspecified atom stereocenters. The molecule has 1 saturated heterocycles. The number of para-hydroxylation sites is 2. The van der Waals surface area contributed by atoms with Gasteiger partial charge in [-0.05, 0) is 18.6 Å². The molecule has 1 amide bonds. The van der Waals surface area contributed by atoms with E-state index in [1.807, 2.05) is 6.07 Å². The van der Waals surface area contributed by atoms with Crippen LogP contribution in [0, 0.1) is 0 Å². The van der Waals surface area contributed by atoms with Gasteiger partial charge in [0.05, 0.1) is 24.2 Å². The van der Waals surface area contributed by atoms with Crippen LogP contribution in [0.5, 0.6) is 0 Å². The van der Waals surface area contributed by atoms with E-state index in [4.69, 9.17) is 9.72 Å². The summed E-state index contributed by atoms with van der Waals surface area (Å²) in [4.78, 5) is 19.1. The van der Waals surface area contributed by atoms with Crippen molar-refractivity contribution in [3.63, 3.8) is 0 Å². The number of nitrogens with one attached hydrogen (secondary N) is 1. The molecule has 26 heavy (non-hydrogen) atoms. The van der Waals surface area contributed by atoms with Crippen LogP contribution in [0.3, 0.4) is 0 Å². The number of imidazole rings is 1. The molecule has 1 N–H and O–H groups in total. The van der Waals surface area contributed by atoms with Crippen molar-refractivity contribution in [3.05, 3.63) is 30.1 Å². The highest BCUT2D eigenvalue weighted by atomic mass is 16.5. The van der Waals surface area contributed by atoms with Gasteiger partial charge < -0.3 is 14.6 Å². The third-order valence-corrected chi connectivity index (χ3v) is 4.91. The molecule has 6 heteroatoms. The molecule has 0 aliphatic carbocycles. The van der Waals surface area contributed by atoms with Crippen LogP contribution in [0.1, 0.15) is 32.0 Å². The number of carbonyl (C=O) groups excluding carboxylic acids is 1. The fourth-order valence-electron chi connectivity index (χ4n) is 3.37. The largest absolute Gasteiger partial charge is 0.379 e. The van der Waals surface area contributed by atoms with E-state index in [-0.39, 0.29) is 5.91 Å². The zero-order chi connectivity index (χ0) is 18.2. The van der Waals surface area contributed by atoms with Gasteiger partial charge in [-0.25, -0.2) is 4.98 Å². The van der Waals surface area contributed by atoms with E-state index in [0.29, 0.717) is 13.0 Å². The van der Waals surface area contributed by atoms with Crippen LogP contribution in [0.25, 0.3) is 11.0 Å². The Balaban J connectivity index is 1.63. The van der Waals surface area contributed by atoms with Crippen molar-refractivity contribution in [3.8, 4) is 0 Å².